The number of anilines is 4. The molecule has 2 heterocycles. The minimum absolute atomic E-state index is 0.00737. The van der Waals surface area contributed by atoms with Gasteiger partial charge in [-0.25, -0.2) is 0 Å². The number of azo groups is 2. The van der Waals surface area contributed by atoms with Crippen molar-refractivity contribution in [3.8, 4) is 23.0 Å². The fraction of sp³-hybridized carbons (Fsp3) is 0.0976. The average molecular weight is 922 g/mol. The summed E-state index contributed by atoms with van der Waals surface area (Å²) in [5.41, 5.74) is 2.49. The van der Waals surface area contributed by atoms with Gasteiger partial charge in [-0.05, 0) is 110 Å². The van der Waals surface area contributed by atoms with Crippen LogP contribution in [0.1, 0.15) is 22.5 Å². The van der Waals surface area contributed by atoms with Crippen LogP contribution in [0, 0.1) is 27.7 Å². The first-order valence-corrected chi connectivity index (χ1v) is 21.9. The van der Waals surface area contributed by atoms with Crippen molar-refractivity contribution in [1.29, 1.82) is 0 Å². The summed E-state index contributed by atoms with van der Waals surface area (Å²) in [4.78, 5) is 15.7. The standard InChI is InChI=1S/C41H32ClN11O9S2/c1-19-9-11-24(12-10-19)49-51-34-21(3)17-26-30(63(56,57)58)14-13-28(33(26)37(34)55)44-40-46-39(42)47-41(48-40)45-29-16-20(2)15-23-18-31(64(59,60)61)35(36(54)32(23)29)52-50-27-8-6-5-7-25(27)38-43-22(4)53-62-38/h5-18,54-55H,1-4H3,(H,56,57,58)(H,59,60,61)(H2,44,45,46,47,48). The van der Waals surface area contributed by atoms with E-state index in [2.05, 4.69) is 56.2 Å². The lowest BCUT2D eigenvalue weighted by Gasteiger charge is -2.16. The van der Waals surface area contributed by atoms with Gasteiger partial charge in [0, 0.05) is 10.8 Å². The number of phenols is 2. The third kappa shape index (κ3) is 8.75. The SMILES string of the molecule is Cc1ccc(N=Nc2c(C)cc3c(S(=O)(=O)O)ccc(Nc4nc(Cl)nc(Nc5cc(C)cc6cc(S(=O)(=O)O)c(N=Nc7ccccc7-c7nc(C)no7)c(O)c56)n4)c3c2O)cc1. The fourth-order valence-electron chi connectivity index (χ4n) is 6.75. The lowest BCUT2D eigenvalue weighted by atomic mass is 10.0. The van der Waals surface area contributed by atoms with Crippen LogP contribution in [0.25, 0.3) is 33.0 Å². The largest absolute Gasteiger partial charge is 0.505 e. The smallest absolute Gasteiger partial charge is 0.296 e. The molecule has 0 radical (unpaired) electrons. The van der Waals surface area contributed by atoms with Crippen LogP contribution in [0.15, 0.2) is 120 Å². The van der Waals surface area contributed by atoms with E-state index in [-0.39, 0.29) is 67.4 Å². The van der Waals surface area contributed by atoms with Gasteiger partial charge in [0.25, 0.3) is 26.1 Å². The molecule has 8 aromatic rings. The van der Waals surface area contributed by atoms with E-state index >= 15 is 0 Å². The molecule has 0 atom stereocenters. The molecule has 2 aromatic heterocycles. The highest BCUT2D eigenvalue weighted by Crippen LogP contribution is 2.47. The van der Waals surface area contributed by atoms with Crippen LogP contribution in [-0.4, -0.2) is 61.2 Å². The number of rotatable bonds is 11. The number of aromatic hydroxyl groups is 2. The van der Waals surface area contributed by atoms with Crippen molar-refractivity contribution in [1.82, 2.24) is 25.1 Å². The highest BCUT2D eigenvalue weighted by molar-refractivity contribution is 7.86. The number of phenolic OH excluding ortho intramolecular Hbond substituents is 2. The molecule has 0 aliphatic rings. The molecule has 6 N–H and O–H groups in total. The van der Waals surface area contributed by atoms with E-state index in [9.17, 15) is 36.2 Å². The Morgan fingerprint density at radius 3 is 1.97 bits per heavy atom. The van der Waals surface area contributed by atoms with Gasteiger partial charge in [0.05, 0.1) is 33.7 Å². The highest BCUT2D eigenvalue weighted by atomic mass is 35.5. The summed E-state index contributed by atoms with van der Waals surface area (Å²) in [7, 11) is -9.80. The zero-order valence-corrected chi connectivity index (χ0v) is 36.0. The lowest BCUT2D eigenvalue weighted by Crippen LogP contribution is -2.06. The maximum atomic E-state index is 12.7. The first kappa shape index (κ1) is 43.2. The second-order valence-corrected chi connectivity index (χ2v) is 17.4. The summed E-state index contributed by atoms with van der Waals surface area (Å²) in [5, 5.41) is 49.5. The van der Waals surface area contributed by atoms with Crippen molar-refractivity contribution in [2.24, 2.45) is 20.5 Å². The highest BCUT2D eigenvalue weighted by Gasteiger charge is 2.26. The number of hydrogen-bond donors (Lipinski definition) is 6. The molecule has 6 aromatic carbocycles. The summed E-state index contributed by atoms with van der Waals surface area (Å²) in [6.45, 7) is 6.81. The molecule has 23 heteroatoms. The number of aromatic nitrogens is 5. The number of nitrogens with zero attached hydrogens (tertiary/aromatic N) is 9. The zero-order chi connectivity index (χ0) is 45.7. The minimum Gasteiger partial charge on any atom is -0.505 e. The van der Waals surface area contributed by atoms with Crippen LogP contribution in [0.5, 0.6) is 11.5 Å². The van der Waals surface area contributed by atoms with E-state index in [1.54, 1.807) is 69.3 Å². The Bertz CT molecular complexity index is 3500. The number of aryl methyl sites for hydroxylation is 4. The van der Waals surface area contributed by atoms with Gasteiger partial charge in [0.1, 0.15) is 21.2 Å². The monoisotopic (exact) mass is 921 g/mol. The predicted molar refractivity (Wildman–Crippen MR) is 236 cm³/mol. The normalized spacial score (nSPS) is 12.2. The van der Waals surface area contributed by atoms with Crippen molar-refractivity contribution >= 4 is 99.4 Å². The molecule has 324 valence electrons. The minimum atomic E-state index is -5.00. The van der Waals surface area contributed by atoms with Gasteiger partial charge in [0.15, 0.2) is 17.3 Å². The topological polar surface area (TPSA) is 300 Å². The summed E-state index contributed by atoms with van der Waals surface area (Å²) >= 11 is 6.39. The van der Waals surface area contributed by atoms with E-state index in [1.165, 1.54) is 12.1 Å². The first-order valence-electron chi connectivity index (χ1n) is 18.6. The number of hydrogen-bond acceptors (Lipinski definition) is 18. The molecule has 0 aliphatic heterocycles. The summed E-state index contributed by atoms with van der Waals surface area (Å²) in [5.74, 6) is -1.14. The van der Waals surface area contributed by atoms with E-state index in [4.69, 9.17) is 16.1 Å². The predicted octanol–water partition coefficient (Wildman–Crippen LogP) is 10.3. The first-order chi connectivity index (χ1) is 30.3. The van der Waals surface area contributed by atoms with E-state index in [0.29, 0.717) is 28.2 Å². The molecule has 20 nitrogen and oxygen atoms in total. The van der Waals surface area contributed by atoms with Crippen molar-refractivity contribution in [2.45, 2.75) is 37.5 Å². The van der Waals surface area contributed by atoms with Crippen LogP contribution in [0.4, 0.5) is 46.0 Å². The molecule has 0 amide bonds. The quantitative estimate of drug-likeness (QED) is 0.0519. The second-order valence-electron chi connectivity index (χ2n) is 14.3. The Morgan fingerprint density at radius 2 is 1.30 bits per heavy atom. The summed E-state index contributed by atoms with van der Waals surface area (Å²) < 4.78 is 76.1. The molecular formula is C41H32ClN11O9S2. The maximum Gasteiger partial charge on any atom is 0.296 e. The number of fused-ring (bicyclic) bond motifs is 2. The molecule has 8 rings (SSSR count). The third-order valence-corrected chi connectivity index (χ3v) is 11.5. The summed E-state index contributed by atoms with van der Waals surface area (Å²) in [6.07, 6.45) is 0. The number of halogens is 1. The van der Waals surface area contributed by atoms with Crippen molar-refractivity contribution in [3.63, 3.8) is 0 Å². The Morgan fingerprint density at radius 1 is 0.641 bits per heavy atom. The van der Waals surface area contributed by atoms with Gasteiger partial charge < -0.3 is 25.4 Å². The van der Waals surface area contributed by atoms with Crippen LogP contribution < -0.4 is 10.6 Å². The van der Waals surface area contributed by atoms with Gasteiger partial charge in [-0.2, -0.15) is 41.9 Å². The fourth-order valence-corrected chi connectivity index (χ4v) is 8.24. The van der Waals surface area contributed by atoms with Crippen LogP contribution in [0.3, 0.4) is 0 Å². The molecule has 0 saturated carbocycles. The van der Waals surface area contributed by atoms with Crippen molar-refractivity contribution < 1.29 is 40.7 Å². The molecule has 0 spiro atoms. The van der Waals surface area contributed by atoms with Gasteiger partial charge in [-0.15, -0.1) is 15.3 Å². The Kier molecular flexibility index (Phi) is 11.2. The number of nitrogens with one attached hydrogen (secondary N) is 2. The lowest BCUT2D eigenvalue weighted by molar-refractivity contribution is 0.425. The van der Waals surface area contributed by atoms with Crippen LogP contribution >= 0.6 is 11.6 Å². The Balaban J connectivity index is 1.21. The van der Waals surface area contributed by atoms with Gasteiger partial charge >= 0.3 is 0 Å². The molecule has 0 unspecified atom stereocenters. The van der Waals surface area contributed by atoms with Gasteiger partial charge in [0.2, 0.25) is 17.2 Å². The van der Waals surface area contributed by atoms with Crippen molar-refractivity contribution in [2.75, 3.05) is 10.6 Å². The molecule has 0 bridgehead atoms. The van der Waals surface area contributed by atoms with E-state index in [0.717, 1.165) is 17.7 Å². The van der Waals surface area contributed by atoms with Gasteiger partial charge in [-0.1, -0.05) is 41.1 Å². The third-order valence-electron chi connectivity index (χ3n) is 9.57. The van der Waals surface area contributed by atoms with E-state index in [1.807, 2.05) is 19.1 Å². The zero-order valence-electron chi connectivity index (χ0n) is 33.6. The Labute approximate surface area is 368 Å². The second kappa shape index (κ2) is 16.7. The Hall–Kier alpha value is -7.50. The van der Waals surface area contributed by atoms with Crippen LogP contribution in [-0.2, 0) is 20.2 Å². The number of benzene rings is 6. The molecule has 64 heavy (non-hydrogen) atoms. The van der Waals surface area contributed by atoms with Crippen molar-refractivity contribution in [3.05, 3.63) is 113 Å². The van der Waals surface area contributed by atoms with Crippen LogP contribution in [0.2, 0.25) is 5.28 Å². The average Bonchev–Trinajstić information content (AvgIpc) is 3.65. The molecule has 0 aliphatic carbocycles. The van der Waals surface area contributed by atoms with Gasteiger partial charge in [-0.3, -0.25) is 9.11 Å². The summed E-state index contributed by atoms with van der Waals surface area (Å²) in [6, 6.07) is 21.7. The molecule has 0 fully saturated rings. The molecule has 0 saturated heterocycles. The maximum absolute atomic E-state index is 12.7. The van der Waals surface area contributed by atoms with E-state index < -0.39 is 47.2 Å². The molecular weight excluding hydrogens is 890 g/mol.